The molecule has 0 aliphatic carbocycles. The molecule has 46 heavy (non-hydrogen) atoms. The highest BCUT2D eigenvalue weighted by Crippen LogP contribution is 2.44. The predicted molar refractivity (Wildman–Crippen MR) is 191 cm³/mol. The minimum absolute atomic E-state index is 0.0367. The summed E-state index contributed by atoms with van der Waals surface area (Å²) in [6, 6.07) is 0. The maximum Gasteiger partial charge on any atom is 0.303 e. The Bertz CT molecular complexity index is 972. The first-order valence-electron chi connectivity index (χ1n) is 17.8. The molecule has 0 bridgehead atoms. The zero-order chi connectivity index (χ0) is 35.3. The van der Waals surface area contributed by atoms with Gasteiger partial charge in [0.05, 0.1) is 36.6 Å². The van der Waals surface area contributed by atoms with Crippen molar-refractivity contribution in [2.45, 2.75) is 186 Å². The van der Waals surface area contributed by atoms with Crippen molar-refractivity contribution in [2.24, 2.45) is 11.8 Å². The van der Waals surface area contributed by atoms with E-state index in [9.17, 15) is 9.90 Å². The van der Waals surface area contributed by atoms with Crippen LogP contribution in [0.3, 0.4) is 0 Å². The number of carbonyl (C=O) groups is 1. The number of rotatable bonds is 16. The van der Waals surface area contributed by atoms with E-state index in [1.54, 1.807) is 0 Å². The van der Waals surface area contributed by atoms with Gasteiger partial charge in [-0.3, -0.25) is 4.79 Å². The molecule has 0 spiro atoms. The molecule has 0 aromatic rings. The highest BCUT2D eigenvalue weighted by molar-refractivity contribution is 6.74. The molecule has 2 heterocycles. The van der Waals surface area contributed by atoms with Gasteiger partial charge in [0.1, 0.15) is 6.10 Å². The Hall–Kier alpha value is -0.596. The normalized spacial score (nSPS) is 29.2. The summed E-state index contributed by atoms with van der Waals surface area (Å²) in [7, 11) is -4.07. The lowest BCUT2D eigenvalue weighted by molar-refractivity contribution is -0.269. The molecule has 2 aliphatic rings. The molecule has 4 unspecified atom stereocenters. The van der Waals surface area contributed by atoms with Gasteiger partial charge in [0.2, 0.25) is 0 Å². The number of aliphatic hydroxyl groups excluding tert-OH is 2. The van der Waals surface area contributed by atoms with E-state index in [0.29, 0.717) is 19.4 Å². The van der Waals surface area contributed by atoms with Gasteiger partial charge in [0.15, 0.2) is 16.6 Å². The molecule has 0 saturated carbocycles. The van der Waals surface area contributed by atoms with Crippen molar-refractivity contribution in [3.8, 4) is 0 Å². The summed E-state index contributed by atoms with van der Waals surface area (Å²) < 4.78 is 33.2. The van der Waals surface area contributed by atoms with E-state index in [1.807, 2.05) is 0 Å². The maximum absolute atomic E-state index is 12.3. The summed E-state index contributed by atoms with van der Waals surface area (Å²) in [5, 5.41) is 20.6. The van der Waals surface area contributed by atoms with Crippen LogP contribution in [0, 0.1) is 11.8 Å². The lowest BCUT2D eigenvalue weighted by Gasteiger charge is -2.52. The molecule has 2 rings (SSSR count). The summed E-state index contributed by atoms with van der Waals surface area (Å²) in [4.78, 5) is 12.3. The standard InChI is InChI=1S/C36H70O8Si2/c1-24(18-16-15-17-20-37)25(2)28(39)22-31-33(41-27(4)38)26(3)34-32(42-31)23-30(44-46(13,14)36(8,9)10)29(43-34)19-21-40-45(11,12)35(5,6)7/h24,26,28-34,37,39H,2,15-23H2,1,3-14H3/t24-,26-,28?,29?,30?,31+,32+,33?,34+/m1/s1. The monoisotopic (exact) mass is 686 g/mol. The number of unbranched alkanes of at least 4 members (excludes halogenated alkanes) is 2. The van der Waals surface area contributed by atoms with Gasteiger partial charge in [0.25, 0.3) is 0 Å². The molecular weight excluding hydrogens is 617 g/mol. The second-order valence-electron chi connectivity index (χ2n) is 17.1. The van der Waals surface area contributed by atoms with Gasteiger partial charge >= 0.3 is 5.97 Å². The van der Waals surface area contributed by atoms with Crippen molar-refractivity contribution >= 4 is 22.6 Å². The smallest absolute Gasteiger partial charge is 0.303 e. The second-order valence-corrected chi connectivity index (χ2v) is 26.7. The predicted octanol–water partition coefficient (Wildman–Crippen LogP) is 7.78. The average Bonchev–Trinajstić information content (AvgIpc) is 2.91. The van der Waals surface area contributed by atoms with E-state index in [-0.39, 0.29) is 58.9 Å². The Labute approximate surface area is 283 Å². The maximum atomic E-state index is 12.3. The Morgan fingerprint density at radius 2 is 1.59 bits per heavy atom. The third-order valence-electron chi connectivity index (χ3n) is 11.4. The van der Waals surface area contributed by atoms with Gasteiger partial charge in [-0.25, -0.2) is 0 Å². The largest absolute Gasteiger partial charge is 0.459 e. The van der Waals surface area contributed by atoms with E-state index in [2.05, 4.69) is 88.2 Å². The summed E-state index contributed by atoms with van der Waals surface area (Å²) in [6.45, 7) is 33.2. The first-order chi connectivity index (χ1) is 21.0. The van der Waals surface area contributed by atoms with Crippen LogP contribution in [-0.4, -0.2) is 88.8 Å². The highest BCUT2D eigenvalue weighted by Gasteiger charge is 2.53. The molecule has 8 nitrogen and oxygen atoms in total. The van der Waals surface area contributed by atoms with Gasteiger partial charge in [-0.1, -0.05) is 74.8 Å². The van der Waals surface area contributed by atoms with Gasteiger partial charge < -0.3 is 33.3 Å². The molecule has 10 heteroatoms. The third-order valence-corrected chi connectivity index (χ3v) is 20.4. The molecule has 2 aliphatic heterocycles. The van der Waals surface area contributed by atoms with Gasteiger partial charge in [-0.15, -0.1) is 0 Å². The summed E-state index contributed by atoms with van der Waals surface area (Å²) in [5.41, 5.74) is 0.768. The van der Waals surface area contributed by atoms with Crippen LogP contribution in [0.5, 0.6) is 0 Å². The van der Waals surface area contributed by atoms with Crippen molar-refractivity contribution in [1.82, 2.24) is 0 Å². The van der Waals surface area contributed by atoms with E-state index < -0.39 is 34.9 Å². The molecule has 9 atom stereocenters. The zero-order valence-electron chi connectivity index (χ0n) is 31.6. The summed E-state index contributed by atoms with van der Waals surface area (Å²) in [6.07, 6.45) is 2.61. The third kappa shape index (κ3) is 11.2. The van der Waals surface area contributed by atoms with Crippen LogP contribution in [0.15, 0.2) is 12.2 Å². The molecular formula is C36H70O8Si2. The van der Waals surface area contributed by atoms with E-state index in [0.717, 1.165) is 37.7 Å². The van der Waals surface area contributed by atoms with E-state index in [1.165, 1.54) is 6.92 Å². The van der Waals surface area contributed by atoms with E-state index >= 15 is 0 Å². The first-order valence-corrected chi connectivity index (χ1v) is 23.6. The number of esters is 1. The van der Waals surface area contributed by atoms with Crippen molar-refractivity contribution < 1.29 is 38.1 Å². The minimum Gasteiger partial charge on any atom is -0.459 e. The van der Waals surface area contributed by atoms with Crippen LogP contribution in [0.1, 0.15) is 107 Å². The van der Waals surface area contributed by atoms with Crippen LogP contribution < -0.4 is 0 Å². The van der Waals surface area contributed by atoms with Gasteiger partial charge in [-0.05, 0) is 67.0 Å². The van der Waals surface area contributed by atoms with Crippen LogP contribution >= 0.6 is 0 Å². The van der Waals surface area contributed by atoms with Crippen LogP contribution in [0.25, 0.3) is 0 Å². The Morgan fingerprint density at radius 1 is 0.978 bits per heavy atom. The molecule has 2 fully saturated rings. The van der Waals surface area contributed by atoms with Crippen LogP contribution in [0.4, 0.5) is 0 Å². The van der Waals surface area contributed by atoms with Crippen LogP contribution in [0.2, 0.25) is 36.3 Å². The fraction of sp³-hybridized carbons (Fsp3) is 0.917. The molecule has 0 amide bonds. The number of aliphatic hydroxyl groups is 2. The fourth-order valence-electron chi connectivity index (χ4n) is 6.08. The van der Waals surface area contributed by atoms with Crippen molar-refractivity contribution in [2.75, 3.05) is 13.2 Å². The lowest BCUT2D eigenvalue weighted by atomic mass is 9.80. The lowest BCUT2D eigenvalue weighted by Crippen LogP contribution is -2.62. The molecule has 0 aromatic carbocycles. The van der Waals surface area contributed by atoms with Crippen molar-refractivity contribution in [3.05, 3.63) is 12.2 Å². The molecule has 0 aromatic heterocycles. The minimum atomic E-state index is -2.14. The topological polar surface area (TPSA) is 104 Å². The van der Waals surface area contributed by atoms with Gasteiger partial charge in [-0.2, -0.15) is 0 Å². The SMILES string of the molecule is C=C(C(O)C[C@@H]1O[C@H]2CC(O[Si](C)(C)C(C)(C)C)C(CCO[Si](C)(C)C(C)(C)C)O[C@H]2[C@H](C)C1OC(C)=O)[C@H](C)CCCCCO. The quantitative estimate of drug-likeness (QED) is 0.0735. The first kappa shape index (κ1) is 41.6. The number of fused-ring (bicyclic) bond motifs is 1. The second kappa shape index (κ2) is 16.9. The molecule has 2 saturated heterocycles. The molecule has 2 N–H and O–H groups in total. The van der Waals surface area contributed by atoms with E-state index in [4.69, 9.17) is 28.2 Å². The van der Waals surface area contributed by atoms with Crippen molar-refractivity contribution in [3.63, 3.8) is 0 Å². The van der Waals surface area contributed by atoms with Crippen LogP contribution in [-0.2, 0) is 27.9 Å². The number of hydrogen-bond donors (Lipinski definition) is 2. The number of carbonyl (C=O) groups excluding carboxylic acids is 1. The summed E-state index contributed by atoms with van der Waals surface area (Å²) in [5.74, 6) is -0.380. The Kier molecular flexibility index (Phi) is 15.3. The average molecular weight is 687 g/mol. The molecule has 270 valence electrons. The summed E-state index contributed by atoms with van der Waals surface area (Å²) >= 11 is 0. The number of hydrogen-bond acceptors (Lipinski definition) is 8. The van der Waals surface area contributed by atoms with Gasteiger partial charge in [0, 0.05) is 38.9 Å². The fourth-order valence-corrected chi connectivity index (χ4v) is 8.50. The Morgan fingerprint density at radius 3 is 2.13 bits per heavy atom. The Balaban J connectivity index is 2.29. The zero-order valence-corrected chi connectivity index (χ0v) is 33.6. The number of ether oxygens (including phenoxy) is 3. The highest BCUT2D eigenvalue weighted by atomic mass is 28.4. The molecule has 0 radical (unpaired) electrons. The van der Waals surface area contributed by atoms with Crippen molar-refractivity contribution in [1.29, 1.82) is 0 Å².